The summed E-state index contributed by atoms with van der Waals surface area (Å²) in [6, 6.07) is 4.55. The van der Waals surface area contributed by atoms with Crippen LogP contribution in [0.15, 0.2) is 22.7 Å². The average Bonchev–Trinajstić information content (AvgIpc) is 2.70. The predicted octanol–water partition coefficient (Wildman–Crippen LogP) is 1.72. The summed E-state index contributed by atoms with van der Waals surface area (Å²) in [7, 11) is 0. The smallest absolute Gasteiger partial charge is 0.227 e. The Morgan fingerprint density at radius 1 is 1.59 bits per heavy atom. The van der Waals surface area contributed by atoms with Gasteiger partial charge in [0.25, 0.3) is 0 Å². The minimum atomic E-state index is -0.404. The van der Waals surface area contributed by atoms with Crippen molar-refractivity contribution in [2.24, 2.45) is 0 Å². The van der Waals surface area contributed by atoms with Gasteiger partial charge in [-0.3, -0.25) is 4.79 Å². The highest BCUT2D eigenvalue weighted by Gasteiger charge is 2.24. The van der Waals surface area contributed by atoms with Crippen LogP contribution in [0.2, 0.25) is 0 Å². The van der Waals surface area contributed by atoms with E-state index >= 15 is 0 Å². The highest BCUT2D eigenvalue weighted by Crippen LogP contribution is 2.18. The van der Waals surface area contributed by atoms with Gasteiger partial charge in [0.05, 0.1) is 17.0 Å². The molecule has 1 aromatic carbocycles. The highest BCUT2D eigenvalue weighted by atomic mass is 79.9. The van der Waals surface area contributed by atoms with E-state index < -0.39 is 6.10 Å². The number of carbonyl (C=O) groups excluding carboxylic acids is 1. The van der Waals surface area contributed by atoms with Crippen LogP contribution in [0.4, 0.5) is 4.39 Å². The summed E-state index contributed by atoms with van der Waals surface area (Å²) in [4.78, 5) is 13.5. The maximum absolute atomic E-state index is 13.0. The van der Waals surface area contributed by atoms with Gasteiger partial charge >= 0.3 is 0 Å². The molecule has 1 N–H and O–H groups in total. The molecule has 3 nitrogen and oxygen atoms in total. The number of β-amino-alcohol motifs (C(OH)–C–C–N with tert-alkyl or cyclic N) is 1. The standard InChI is InChI=1S/C12H13BrFNO2/c13-10-5-8(1-2-11(10)14)6-12(17)15-4-3-9(16)7-15/h1-2,5,9,16H,3-4,6-7H2/t9-/m1/s1. The minimum Gasteiger partial charge on any atom is -0.391 e. The van der Waals surface area contributed by atoms with Crippen molar-refractivity contribution in [2.75, 3.05) is 13.1 Å². The molecule has 1 heterocycles. The molecule has 0 spiro atoms. The first-order valence-corrected chi connectivity index (χ1v) is 6.25. The topological polar surface area (TPSA) is 40.5 Å². The van der Waals surface area contributed by atoms with Crippen molar-refractivity contribution in [3.05, 3.63) is 34.1 Å². The first-order valence-electron chi connectivity index (χ1n) is 5.46. The van der Waals surface area contributed by atoms with Crippen molar-refractivity contribution >= 4 is 21.8 Å². The summed E-state index contributed by atoms with van der Waals surface area (Å²) in [6.45, 7) is 1.00. The van der Waals surface area contributed by atoms with Crippen LogP contribution in [0, 0.1) is 5.82 Å². The summed E-state index contributed by atoms with van der Waals surface area (Å²) in [5.74, 6) is -0.363. The molecule has 1 amide bonds. The number of aliphatic hydroxyl groups is 1. The molecule has 1 fully saturated rings. The fourth-order valence-corrected chi connectivity index (χ4v) is 2.33. The van der Waals surface area contributed by atoms with E-state index in [1.807, 2.05) is 0 Å². The predicted molar refractivity (Wildman–Crippen MR) is 65.0 cm³/mol. The van der Waals surface area contributed by atoms with E-state index in [0.29, 0.717) is 24.0 Å². The van der Waals surface area contributed by atoms with Crippen LogP contribution in [0.25, 0.3) is 0 Å². The second kappa shape index (κ2) is 5.14. The van der Waals surface area contributed by atoms with Gasteiger partial charge < -0.3 is 10.0 Å². The lowest BCUT2D eigenvalue weighted by molar-refractivity contribution is -0.129. The van der Waals surface area contributed by atoms with E-state index in [1.54, 1.807) is 17.0 Å². The summed E-state index contributed by atoms with van der Waals surface area (Å²) >= 11 is 3.09. The van der Waals surface area contributed by atoms with E-state index in [9.17, 15) is 14.3 Å². The Bertz CT molecular complexity index is 439. The third-order valence-corrected chi connectivity index (χ3v) is 3.46. The third-order valence-electron chi connectivity index (χ3n) is 2.86. The van der Waals surface area contributed by atoms with E-state index in [4.69, 9.17) is 0 Å². The number of likely N-dealkylation sites (tertiary alicyclic amines) is 1. The van der Waals surface area contributed by atoms with Gasteiger partial charge in [-0.15, -0.1) is 0 Å². The normalized spacial score (nSPS) is 19.7. The first-order chi connectivity index (χ1) is 8.06. The Kier molecular flexibility index (Phi) is 3.79. The summed E-state index contributed by atoms with van der Waals surface area (Å²) < 4.78 is 13.4. The van der Waals surface area contributed by atoms with Gasteiger partial charge in [0.15, 0.2) is 0 Å². The van der Waals surface area contributed by atoms with Crippen molar-refractivity contribution in [1.29, 1.82) is 0 Å². The minimum absolute atomic E-state index is 0.0277. The maximum atomic E-state index is 13.0. The Hall–Kier alpha value is -0.940. The van der Waals surface area contributed by atoms with Crippen LogP contribution in [0.3, 0.4) is 0 Å². The molecule has 0 aromatic heterocycles. The molecule has 1 saturated heterocycles. The maximum Gasteiger partial charge on any atom is 0.227 e. The highest BCUT2D eigenvalue weighted by molar-refractivity contribution is 9.10. The van der Waals surface area contributed by atoms with E-state index in [1.165, 1.54) is 6.07 Å². The second-order valence-corrected chi connectivity index (χ2v) is 5.06. The number of amides is 1. The molecule has 0 unspecified atom stereocenters. The van der Waals surface area contributed by atoms with Crippen LogP contribution in [-0.2, 0) is 11.2 Å². The number of hydrogen-bond donors (Lipinski definition) is 1. The molecule has 0 saturated carbocycles. The lowest BCUT2D eigenvalue weighted by Gasteiger charge is -2.15. The molecule has 1 atom stereocenters. The molecule has 0 aliphatic carbocycles. The van der Waals surface area contributed by atoms with Crippen molar-refractivity contribution in [1.82, 2.24) is 4.90 Å². The molecule has 1 aliphatic heterocycles. The molecule has 5 heteroatoms. The Morgan fingerprint density at radius 3 is 2.94 bits per heavy atom. The third kappa shape index (κ3) is 3.04. The summed E-state index contributed by atoms with van der Waals surface area (Å²) in [6.07, 6.45) is 0.476. The summed E-state index contributed by atoms with van der Waals surface area (Å²) in [5, 5.41) is 9.34. The monoisotopic (exact) mass is 301 g/mol. The molecule has 17 heavy (non-hydrogen) atoms. The van der Waals surface area contributed by atoms with E-state index in [-0.39, 0.29) is 18.1 Å². The zero-order valence-corrected chi connectivity index (χ0v) is 10.8. The Morgan fingerprint density at radius 2 is 2.35 bits per heavy atom. The van der Waals surface area contributed by atoms with Crippen LogP contribution < -0.4 is 0 Å². The van der Waals surface area contributed by atoms with Gasteiger partial charge in [-0.05, 0) is 40.0 Å². The van der Waals surface area contributed by atoms with Gasteiger partial charge in [0.2, 0.25) is 5.91 Å². The molecule has 92 valence electrons. The quantitative estimate of drug-likeness (QED) is 0.904. The molecular weight excluding hydrogens is 289 g/mol. The molecule has 2 rings (SSSR count). The van der Waals surface area contributed by atoms with Crippen molar-refractivity contribution in [3.8, 4) is 0 Å². The van der Waals surface area contributed by atoms with Crippen LogP contribution in [0.1, 0.15) is 12.0 Å². The number of rotatable bonds is 2. The fraction of sp³-hybridized carbons (Fsp3) is 0.417. The van der Waals surface area contributed by atoms with E-state index in [2.05, 4.69) is 15.9 Å². The van der Waals surface area contributed by atoms with E-state index in [0.717, 1.165) is 5.56 Å². The largest absolute Gasteiger partial charge is 0.391 e. The zero-order chi connectivity index (χ0) is 12.4. The SMILES string of the molecule is O=C(Cc1ccc(F)c(Br)c1)N1CC[C@@H](O)C1. The number of hydrogen-bond acceptors (Lipinski definition) is 2. The van der Waals surface area contributed by atoms with Crippen LogP contribution in [-0.4, -0.2) is 35.1 Å². The zero-order valence-electron chi connectivity index (χ0n) is 9.20. The average molecular weight is 302 g/mol. The molecule has 0 radical (unpaired) electrons. The number of benzene rings is 1. The van der Waals surface area contributed by atoms with Crippen LogP contribution >= 0.6 is 15.9 Å². The lowest BCUT2D eigenvalue weighted by Crippen LogP contribution is -2.30. The van der Waals surface area contributed by atoms with Crippen molar-refractivity contribution in [2.45, 2.75) is 18.9 Å². The number of aliphatic hydroxyl groups excluding tert-OH is 1. The Balaban J connectivity index is 2.00. The van der Waals surface area contributed by atoms with Crippen molar-refractivity contribution < 1.29 is 14.3 Å². The second-order valence-electron chi connectivity index (χ2n) is 4.21. The number of halogens is 2. The van der Waals surface area contributed by atoms with Gasteiger partial charge in [-0.1, -0.05) is 6.07 Å². The molecule has 0 bridgehead atoms. The number of nitrogens with zero attached hydrogens (tertiary/aromatic N) is 1. The van der Waals surface area contributed by atoms with Gasteiger partial charge in [-0.2, -0.15) is 0 Å². The Labute approximate surface area is 107 Å². The molecule has 1 aromatic rings. The first kappa shape index (κ1) is 12.5. The summed E-state index contributed by atoms with van der Waals surface area (Å²) in [5.41, 5.74) is 0.768. The van der Waals surface area contributed by atoms with Gasteiger partial charge in [0, 0.05) is 13.1 Å². The van der Waals surface area contributed by atoms with Gasteiger partial charge in [0.1, 0.15) is 5.82 Å². The van der Waals surface area contributed by atoms with Gasteiger partial charge in [-0.25, -0.2) is 4.39 Å². The van der Waals surface area contributed by atoms with Crippen molar-refractivity contribution in [3.63, 3.8) is 0 Å². The molecule has 1 aliphatic rings. The molecular formula is C12H13BrFNO2. The number of carbonyl (C=O) groups is 1. The van der Waals surface area contributed by atoms with Crippen LogP contribution in [0.5, 0.6) is 0 Å². The fourth-order valence-electron chi connectivity index (χ4n) is 1.90. The lowest BCUT2D eigenvalue weighted by atomic mass is 10.1.